The Balaban J connectivity index is 1.92. The van der Waals surface area contributed by atoms with E-state index in [1.165, 1.54) is 16.8 Å². The Labute approximate surface area is 131 Å². The van der Waals surface area contributed by atoms with E-state index in [9.17, 15) is 13.6 Å². The summed E-state index contributed by atoms with van der Waals surface area (Å²) in [4.78, 5) is 11.7. The zero-order valence-electron chi connectivity index (χ0n) is 12.4. The van der Waals surface area contributed by atoms with E-state index in [1.54, 1.807) is 6.20 Å². The van der Waals surface area contributed by atoms with Crippen LogP contribution in [-0.2, 0) is 11.2 Å². The normalized spacial score (nSPS) is 16.9. The molecule has 1 aliphatic carbocycles. The molecule has 1 amide bonds. The Morgan fingerprint density at radius 2 is 2.09 bits per heavy atom. The molecular formula is C16H17F2N3O2. The predicted molar refractivity (Wildman–Crippen MR) is 79.0 cm³/mol. The number of benzene rings is 1. The molecule has 23 heavy (non-hydrogen) atoms. The molecule has 3 rings (SSSR count). The maximum absolute atomic E-state index is 13.4. The first kappa shape index (κ1) is 15.6. The van der Waals surface area contributed by atoms with Crippen molar-refractivity contribution in [2.45, 2.75) is 31.7 Å². The fraction of sp³-hybridized carbons (Fsp3) is 0.375. The topological polar surface area (TPSA) is 67.2 Å². The van der Waals surface area contributed by atoms with E-state index in [1.807, 2.05) is 0 Å². The van der Waals surface area contributed by atoms with Crippen molar-refractivity contribution in [3.8, 4) is 5.69 Å². The molecule has 2 N–H and O–H groups in total. The van der Waals surface area contributed by atoms with Crippen molar-refractivity contribution in [3.63, 3.8) is 0 Å². The van der Waals surface area contributed by atoms with Crippen LogP contribution in [0, 0.1) is 11.6 Å². The third kappa shape index (κ3) is 3.24. The number of amides is 1. The predicted octanol–water partition coefficient (Wildman–Crippen LogP) is 2.03. The minimum Gasteiger partial charge on any atom is -0.396 e. The molecule has 7 heteroatoms. The second-order valence-electron chi connectivity index (χ2n) is 5.57. The Morgan fingerprint density at radius 3 is 2.78 bits per heavy atom. The highest BCUT2D eigenvalue weighted by molar-refractivity contribution is 5.76. The number of rotatable bonds is 4. The van der Waals surface area contributed by atoms with Crippen molar-refractivity contribution in [2.24, 2.45) is 0 Å². The lowest BCUT2D eigenvalue weighted by Crippen LogP contribution is -2.31. The second kappa shape index (κ2) is 6.45. The molecule has 1 aliphatic rings. The summed E-state index contributed by atoms with van der Waals surface area (Å²) in [5.41, 5.74) is 2.02. The zero-order chi connectivity index (χ0) is 16.4. The van der Waals surface area contributed by atoms with E-state index >= 15 is 0 Å². The van der Waals surface area contributed by atoms with E-state index in [0.29, 0.717) is 5.69 Å². The Hall–Kier alpha value is -2.28. The van der Waals surface area contributed by atoms with E-state index in [-0.39, 0.29) is 25.0 Å². The number of nitrogens with one attached hydrogen (secondary N) is 1. The fourth-order valence-corrected chi connectivity index (χ4v) is 2.96. The van der Waals surface area contributed by atoms with Crippen LogP contribution >= 0.6 is 0 Å². The van der Waals surface area contributed by atoms with E-state index in [0.717, 1.165) is 36.6 Å². The zero-order valence-corrected chi connectivity index (χ0v) is 12.4. The molecule has 1 atom stereocenters. The second-order valence-corrected chi connectivity index (χ2v) is 5.57. The van der Waals surface area contributed by atoms with Crippen molar-refractivity contribution < 1.29 is 18.7 Å². The largest absolute Gasteiger partial charge is 0.396 e. The van der Waals surface area contributed by atoms with Crippen LogP contribution in [-0.4, -0.2) is 27.4 Å². The molecular weight excluding hydrogens is 304 g/mol. The van der Waals surface area contributed by atoms with Gasteiger partial charge in [0.05, 0.1) is 24.5 Å². The maximum atomic E-state index is 13.4. The average molecular weight is 321 g/mol. The quantitative estimate of drug-likeness (QED) is 0.905. The molecule has 1 aromatic carbocycles. The highest BCUT2D eigenvalue weighted by Crippen LogP contribution is 2.31. The summed E-state index contributed by atoms with van der Waals surface area (Å²) in [7, 11) is 0. The summed E-state index contributed by atoms with van der Waals surface area (Å²) in [6.07, 6.45) is 4.00. The van der Waals surface area contributed by atoms with Gasteiger partial charge < -0.3 is 10.4 Å². The van der Waals surface area contributed by atoms with Gasteiger partial charge in [-0.25, -0.2) is 13.5 Å². The van der Waals surface area contributed by atoms with Gasteiger partial charge in [0.15, 0.2) is 0 Å². The highest BCUT2D eigenvalue weighted by atomic mass is 19.1. The van der Waals surface area contributed by atoms with E-state index in [4.69, 9.17) is 5.11 Å². The van der Waals surface area contributed by atoms with Crippen LogP contribution in [0.15, 0.2) is 24.4 Å². The number of aliphatic hydroxyl groups excluding tert-OH is 1. The van der Waals surface area contributed by atoms with Gasteiger partial charge in [-0.15, -0.1) is 0 Å². The number of fused-ring (bicyclic) bond motifs is 1. The molecule has 122 valence electrons. The minimum atomic E-state index is -0.659. The van der Waals surface area contributed by atoms with Gasteiger partial charge in [-0.2, -0.15) is 5.10 Å². The molecule has 0 fully saturated rings. The van der Waals surface area contributed by atoms with Crippen LogP contribution in [0.2, 0.25) is 0 Å². The first-order valence-electron chi connectivity index (χ1n) is 7.52. The Bertz CT molecular complexity index is 710. The molecule has 0 unspecified atom stereocenters. The van der Waals surface area contributed by atoms with Gasteiger partial charge in [-0.3, -0.25) is 4.79 Å². The summed E-state index contributed by atoms with van der Waals surface area (Å²) < 4.78 is 28.4. The maximum Gasteiger partial charge on any atom is 0.222 e. The molecule has 0 aliphatic heterocycles. The number of carbonyl (C=O) groups is 1. The van der Waals surface area contributed by atoms with Gasteiger partial charge in [0.1, 0.15) is 11.6 Å². The van der Waals surface area contributed by atoms with E-state index < -0.39 is 11.6 Å². The van der Waals surface area contributed by atoms with Crippen molar-refractivity contribution in [1.29, 1.82) is 0 Å². The van der Waals surface area contributed by atoms with Crippen LogP contribution in [0.5, 0.6) is 0 Å². The lowest BCUT2D eigenvalue weighted by Gasteiger charge is -2.24. The van der Waals surface area contributed by atoms with Crippen LogP contribution in [0.25, 0.3) is 5.69 Å². The van der Waals surface area contributed by atoms with Crippen LogP contribution in [0.3, 0.4) is 0 Å². The Kier molecular flexibility index (Phi) is 4.38. The SMILES string of the molecule is O=C(CCO)N[C@H]1CCCc2c1cnn2-c1cc(F)cc(F)c1. The van der Waals surface area contributed by atoms with Gasteiger partial charge in [-0.1, -0.05) is 0 Å². The Morgan fingerprint density at radius 1 is 1.35 bits per heavy atom. The van der Waals surface area contributed by atoms with Gasteiger partial charge >= 0.3 is 0 Å². The third-order valence-corrected chi connectivity index (χ3v) is 3.95. The molecule has 0 radical (unpaired) electrons. The number of aromatic nitrogens is 2. The molecule has 0 bridgehead atoms. The molecule has 5 nitrogen and oxygen atoms in total. The standard InChI is InChI=1S/C16H17F2N3O2/c17-10-6-11(18)8-12(7-10)21-15-3-1-2-14(13(15)9-19-21)20-16(23)4-5-22/h6-9,14,22H,1-5H2,(H,20,23)/t14-/m0/s1. The van der Waals surface area contributed by atoms with Crippen molar-refractivity contribution >= 4 is 5.91 Å². The number of hydrogen-bond acceptors (Lipinski definition) is 3. The van der Waals surface area contributed by atoms with Gasteiger partial charge in [0.2, 0.25) is 5.91 Å². The summed E-state index contributed by atoms with van der Waals surface area (Å²) in [5.74, 6) is -1.55. The fourth-order valence-electron chi connectivity index (χ4n) is 2.96. The summed E-state index contributed by atoms with van der Waals surface area (Å²) in [5, 5.41) is 15.9. The first-order chi connectivity index (χ1) is 11.1. The van der Waals surface area contributed by atoms with Crippen molar-refractivity contribution in [1.82, 2.24) is 15.1 Å². The van der Waals surface area contributed by atoms with Gasteiger partial charge in [0, 0.05) is 23.7 Å². The number of aliphatic hydroxyl groups is 1. The van der Waals surface area contributed by atoms with Crippen LogP contribution in [0.4, 0.5) is 8.78 Å². The number of carbonyl (C=O) groups excluding carboxylic acids is 1. The molecule has 2 aromatic rings. The first-order valence-corrected chi connectivity index (χ1v) is 7.52. The number of hydrogen-bond donors (Lipinski definition) is 2. The summed E-state index contributed by atoms with van der Waals surface area (Å²) in [6.45, 7) is -0.201. The van der Waals surface area contributed by atoms with Crippen LogP contribution in [0.1, 0.15) is 36.6 Å². The average Bonchev–Trinajstić information content (AvgIpc) is 2.91. The van der Waals surface area contributed by atoms with Gasteiger partial charge in [0.25, 0.3) is 0 Å². The molecule has 1 heterocycles. The van der Waals surface area contributed by atoms with Crippen molar-refractivity contribution in [3.05, 3.63) is 47.3 Å². The lowest BCUT2D eigenvalue weighted by molar-refractivity contribution is -0.122. The monoisotopic (exact) mass is 321 g/mol. The number of halogens is 2. The van der Waals surface area contributed by atoms with Crippen molar-refractivity contribution in [2.75, 3.05) is 6.61 Å². The minimum absolute atomic E-state index is 0.0507. The molecule has 0 saturated carbocycles. The van der Waals surface area contributed by atoms with Gasteiger partial charge in [-0.05, 0) is 31.4 Å². The molecule has 1 aromatic heterocycles. The molecule has 0 saturated heterocycles. The smallest absolute Gasteiger partial charge is 0.222 e. The summed E-state index contributed by atoms with van der Waals surface area (Å²) in [6, 6.07) is 3.08. The van der Waals surface area contributed by atoms with Crippen LogP contribution < -0.4 is 5.32 Å². The number of nitrogens with zero attached hydrogens (tertiary/aromatic N) is 2. The lowest BCUT2D eigenvalue weighted by atomic mass is 9.92. The summed E-state index contributed by atoms with van der Waals surface area (Å²) >= 11 is 0. The molecule has 0 spiro atoms. The highest BCUT2D eigenvalue weighted by Gasteiger charge is 2.26. The van der Waals surface area contributed by atoms with E-state index in [2.05, 4.69) is 10.4 Å². The third-order valence-electron chi connectivity index (χ3n) is 3.95.